The van der Waals surface area contributed by atoms with E-state index in [4.69, 9.17) is 0 Å². The molecule has 1 aromatic carbocycles. The van der Waals surface area contributed by atoms with Crippen LogP contribution in [-0.4, -0.2) is 37.5 Å². The topological polar surface area (TPSA) is 84.5 Å². The summed E-state index contributed by atoms with van der Waals surface area (Å²) in [5, 5.41) is 5.49. The minimum Gasteiger partial charge on any atom is -0.465 e. The number of ether oxygens (including phenoxy) is 1. The fraction of sp³-hybridized carbons (Fsp3) is 0.400. The molecule has 0 spiro atoms. The lowest BCUT2D eigenvalue weighted by atomic mass is 10.1. The zero-order valence-electron chi connectivity index (χ0n) is 11.8. The quantitative estimate of drug-likeness (QED) is 0.809. The Morgan fingerprint density at radius 3 is 2.52 bits per heavy atom. The summed E-state index contributed by atoms with van der Waals surface area (Å²) >= 11 is 0. The van der Waals surface area contributed by atoms with Gasteiger partial charge >= 0.3 is 5.97 Å². The summed E-state index contributed by atoms with van der Waals surface area (Å²) in [7, 11) is 1.30. The molecule has 6 heteroatoms. The van der Waals surface area contributed by atoms with Crippen molar-refractivity contribution in [2.45, 2.75) is 25.3 Å². The third-order valence-corrected chi connectivity index (χ3v) is 3.41. The van der Waals surface area contributed by atoms with Crippen molar-refractivity contribution in [1.82, 2.24) is 10.6 Å². The number of methoxy groups -OCH3 is 1. The molecule has 1 saturated heterocycles. The summed E-state index contributed by atoms with van der Waals surface area (Å²) < 4.78 is 4.59. The molecule has 0 aromatic heterocycles. The van der Waals surface area contributed by atoms with Gasteiger partial charge in [-0.2, -0.15) is 0 Å². The largest absolute Gasteiger partial charge is 0.465 e. The van der Waals surface area contributed by atoms with Crippen molar-refractivity contribution in [2.75, 3.05) is 13.7 Å². The molecule has 0 bridgehead atoms. The first-order valence-electron chi connectivity index (χ1n) is 6.89. The molecule has 1 aliphatic heterocycles. The highest BCUT2D eigenvalue weighted by atomic mass is 16.5. The average Bonchev–Trinajstić information content (AvgIpc) is 2.71. The molecular formula is C15H18N2O4. The fourth-order valence-electron chi connectivity index (χ4n) is 2.19. The minimum absolute atomic E-state index is 0.146. The summed E-state index contributed by atoms with van der Waals surface area (Å²) in [6.45, 7) is 0.652. The monoisotopic (exact) mass is 290 g/mol. The number of carbonyl (C=O) groups is 3. The molecule has 1 atom stereocenters. The van der Waals surface area contributed by atoms with Crippen molar-refractivity contribution in [1.29, 1.82) is 0 Å². The van der Waals surface area contributed by atoms with Crippen molar-refractivity contribution in [2.24, 2.45) is 0 Å². The van der Waals surface area contributed by atoms with Gasteiger partial charge in [-0.25, -0.2) is 4.79 Å². The van der Waals surface area contributed by atoms with Crippen LogP contribution >= 0.6 is 0 Å². The summed E-state index contributed by atoms with van der Waals surface area (Å²) in [5.74, 6) is -0.925. The smallest absolute Gasteiger partial charge is 0.337 e. The van der Waals surface area contributed by atoms with Gasteiger partial charge in [-0.3, -0.25) is 9.59 Å². The lowest BCUT2D eigenvalue weighted by Crippen LogP contribution is -2.45. The number of esters is 1. The third-order valence-electron chi connectivity index (χ3n) is 3.41. The molecule has 0 radical (unpaired) electrons. The van der Waals surface area contributed by atoms with E-state index in [9.17, 15) is 14.4 Å². The van der Waals surface area contributed by atoms with Crippen LogP contribution in [0.1, 0.15) is 40.0 Å². The second kappa shape index (κ2) is 6.88. The van der Waals surface area contributed by atoms with Gasteiger partial charge in [0.1, 0.15) is 6.04 Å². The van der Waals surface area contributed by atoms with Crippen LogP contribution in [0, 0.1) is 0 Å². The number of hydrogen-bond acceptors (Lipinski definition) is 4. The van der Waals surface area contributed by atoms with Crippen LogP contribution in [0.3, 0.4) is 0 Å². The van der Waals surface area contributed by atoms with E-state index in [2.05, 4.69) is 15.4 Å². The van der Waals surface area contributed by atoms with Gasteiger partial charge in [-0.05, 0) is 43.5 Å². The predicted molar refractivity (Wildman–Crippen MR) is 75.9 cm³/mol. The highest BCUT2D eigenvalue weighted by molar-refractivity contribution is 5.98. The summed E-state index contributed by atoms with van der Waals surface area (Å²) in [5.41, 5.74) is 0.779. The van der Waals surface area contributed by atoms with E-state index in [0.717, 1.165) is 12.8 Å². The van der Waals surface area contributed by atoms with Gasteiger partial charge < -0.3 is 15.4 Å². The molecule has 21 heavy (non-hydrogen) atoms. The lowest BCUT2D eigenvalue weighted by Gasteiger charge is -2.15. The van der Waals surface area contributed by atoms with Crippen LogP contribution in [0.25, 0.3) is 0 Å². The number of amides is 2. The molecule has 0 aliphatic carbocycles. The highest BCUT2D eigenvalue weighted by Gasteiger charge is 2.22. The molecule has 2 N–H and O–H groups in total. The zero-order valence-corrected chi connectivity index (χ0v) is 11.8. The Hall–Kier alpha value is -2.37. The third kappa shape index (κ3) is 3.81. The molecular weight excluding hydrogens is 272 g/mol. The van der Waals surface area contributed by atoms with Crippen LogP contribution in [0.5, 0.6) is 0 Å². The first kappa shape index (κ1) is 15.0. The molecule has 1 heterocycles. The van der Waals surface area contributed by atoms with Gasteiger partial charge in [-0.1, -0.05) is 0 Å². The van der Waals surface area contributed by atoms with E-state index < -0.39 is 12.0 Å². The van der Waals surface area contributed by atoms with Crippen LogP contribution < -0.4 is 10.6 Å². The summed E-state index contributed by atoms with van der Waals surface area (Å²) in [6.07, 6.45) is 2.45. The fourth-order valence-corrected chi connectivity index (χ4v) is 2.19. The number of benzene rings is 1. The predicted octanol–water partition coefficient (Wildman–Crippen LogP) is 0.872. The maximum Gasteiger partial charge on any atom is 0.337 e. The summed E-state index contributed by atoms with van der Waals surface area (Å²) in [6, 6.07) is 5.62. The molecule has 112 valence electrons. The van der Waals surface area contributed by atoms with Crippen molar-refractivity contribution >= 4 is 17.8 Å². The Morgan fingerprint density at radius 2 is 1.86 bits per heavy atom. The van der Waals surface area contributed by atoms with Crippen molar-refractivity contribution in [3.05, 3.63) is 35.4 Å². The molecule has 1 aliphatic rings. The Kier molecular flexibility index (Phi) is 4.92. The standard InChI is InChI=1S/C15H18N2O4/c1-21-15(20)11-7-5-10(6-8-11)13(18)17-12-4-2-3-9-16-14(12)19/h5-8,12H,2-4,9H2,1H3,(H,16,19)(H,17,18). The normalized spacial score (nSPS) is 18.3. The van der Waals surface area contributed by atoms with E-state index >= 15 is 0 Å². The lowest BCUT2D eigenvalue weighted by molar-refractivity contribution is -0.122. The van der Waals surface area contributed by atoms with Crippen molar-refractivity contribution < 1.29 is 19.1 Å². The average molecular weight is 290 g/mol. The van der Waals surface area contributed by atoms with Crippen LogP contribution in [-0.2, 0) is 9.53 Å². The molecule has 1 aromatic rings. The first-order valence-corrected chi connectivity index (χ1v) is 6.89. The summed E-state index contributed by atoms with van der Waals surface area (Å²) in [4.78, 5) is 35.2. The minimum atomic E-state index is -0.500. The SMILES string of the molecule is COC(=O)c1ccc(C(=O)NC2CCCCNC2=O)cc1. The van der Waals surface area contributed by atoms with E-state index in [1.54, 1.807) is 0 Å². The van der Waals surface area contributed by atoms with Gasteiger partial charge in [0.15, 0.2) is 0 Å². The molecule has 1 unspecified atom stereocenters. The second-order valence-corrected chi connectivity index (χ2v) is 4.88. The number of hydrogen-bond donors (Lipinski definition) is 2. The molecule has 2 amide bonds. The van der Waals surface area contributed by atoms with E-state index in [-0.39, 0.29) is 11.8 Å². The zero-order chi connectivity index (χ0) is 15.2. The number of rotatable bonds is 3. The van der Waals surface area contributed by atoms with Crippen molar-refractivity contribution in [3.63, 3.8) is 0 Å². The molecule has 2 rings (SSSR count). The van der Waals surface area contributed by atoms with Gasteiger partial charge in [-0.15, -0.1) is 0 Å². The molecule has 6 nitrogen and oxygen atoms in total. The first-order chi connectivity index (χ1) is 10.1. The molecule has 1 fully saturated rings. The number of carbonyl (C=O) groups excluding carboxylic acids is 3. The Balaban J connectivity index is 2.02. The Labute approximate surface area is 122 Å². The van der Waals surface area contributed by atoms with Crippen LogP contribution in [0.2, 0.25) is 0 Å². The van der Waals surface area contributed by atoms with Gasteiger partial charge in [0.2, 0.25) is 5.91 Å². The van der Waals surface area contributed by atoms with Crippen LogP contribution in [0.4, 0.5) is 0 Å². The van der Waals surface area contributed by atoms with Gasteiger partial charge in [0.05, 0.1) is 12.7 Å². The van der Waals surface area contributed by atoms with Crippen LogP contribution in [0.15, 0.2) is 24.3 Å². The Morgan fingerprint density at radius 1 is 1.19 bits per heavy atom. The Bertz CT molecular complexity index is 539. The molecule has 0 saturated carbocycles. The maximum absolute atomic E-state index is 12.1. The second-order valence-electron chi connectivity index (χ2n) is 4.88. The van der Waals surface area contributed by atoms with Crippen molar-refractivity contribution in [3.8, 4) is 0 Å². The van der Waals surface area contributed by atoms with E-state index in [0.29, 0.717) is 24.1 Å². The van der Waals surface area contributed by atoms with E-state index in [1.807, 2.05) is 0 Å². The van der Waals surface area contributed by atoms with Gasteiger partial charge in [0.25, 0.3) is 5.91 Å². The van der Waals surface area contributed by atoms with Gasteiger partial charge in [0, 0.05) is 12.1 Å². The maximum atomic E-state index is 12.1. The van der Waals surface area contributed by atoms with E-state index in [1.165, 1.54) is 31.4 Å². The highest BCUT2D eigenvalue weighted by Crippen LogP contribution is 2.09. The number of nitrogens with one attached hydrogen (secondary N) is 2.